The molecule has 0 aliphatic heterocycles. The summed E-state index contributed by atoms with van der Waals surface area (Å²) >= 11 is 0. The highest BCUT2D eigenvalue weighted by atomic mass is 16.1. The van der Waals surface area contributed by atoms with E-state index in [1.807, 2.05) is 51.1 Å². The van der Waals surface area contributed by atoms with Gasteiger partial charge in [0.05, 0.1) is 0 Å². The highest BCUT2D eigenvalue weighted by Gasteiger charge is 2.12. The molecule has 6 heteroatoms. The summed E-state index contributed by atoms with van der Waals surface area (Å²) in [6, 6.07) is 11.3. The first-order valence-corrected chi connectivity index (χ1v) is 8.39. The minimum absolute atomic E-state index is 0.254. The molecule has 0 spiro atoms. The summed E-state index contributed by atoms with van der Waals surface area (Å²) in [7, 11) is 0. The van der Waals surface area contributed by atoms with E-state index in [4.69, 9.17) is 0 Å². The lowest BCUT2D eigenvalue weighted by Crippen LogP contribution is -2.17. The molecule has 132 valence electrons. The zero-order valence-electron chi connectivity index (χ0n) is 15.1. The summed E-state index contributed by atoms with van der Waals surface area (Å²) in [6.07, 6.45) is 3.47. The van der Waals surface area contributed by atoms with Crippen LogP contribution in [-0.4, -0.2) is 20.9 Å². The molecule has 0 saturated carbocycles. The second-order valence-corrected chi connectivity index (χ2v) is 6.13. The molecular formula is C20H21N5O. The molecule has 0 aliphatic rings. The number of hydrogen-bond acceptors (Lipinski definition) is 5. The number of nitrogens with zero attached hydrogens (tertiary/aromatic N) is 3. The van der Waals surface area contributed by atoms with E-state index >= 15 is 0 Å². The Balaban J connectivity index is 1.76. The lowest BCUT2D eigenvalue weighted by atomic mass is 10.1. The summed E-state index contributed by atoms with van der Waals surface area (Å²) in [4.78, 5) is 25.3. The second kappa shape index (κ2) is 7.74. The normalized spacial score (nSPS) is 10.4. The van der Waals surface area contributed by atoms with Crippen molar-refractivity contribution >= 4 is 17.5 Å². The third kappa shape index (κ3) is 4.22. The maximum Gasteiger partial charge on any atom is 0.274 e. The standard InChI is InChI=1S/C20H21N5O/c1-13-5-4-6-17(15(13)3)24-19(26)18-11-14(2)23-20(25-18)22-12-16-7-9-21-10-8-16/h4-11H,12H2,1-3H3,(H,24,26)(H,22,23,25). The van der Waals surface area contributed by atoms with Crippen molar-refractivity contribution in [1.82, 2.24) is 15.0 Å². The zero-order chi connectivity index (χ0) is 18.5. The minimum Gasteiger partial charge on any atom is -0.350 e. The van der Waals surface area contributed by atoms with Gasteiger partial charge in [0.2, 0.25) is 5.95 Å². The number of rotatable bonds is 5. The predicted molar refractivity (Wildman–Crippen MR) is 102 cm³/mol. The molecule has 1 aromatic carbocycles. The quantitative estimate of drug-likeness (QED) is 0.736. The molecule has 3 rings (SSSR count). The second-order valence-electron chi connectivity index (χ2n) is 6.13. The van der Waals surface area contributed by atoms with E-state index in [1.54, 1.807) is 18.5 Å². The van der Waals surface area contributed by atoms with Crippen molar-refractivity contribution in [3.8, 4) is 0 Å². The van der Waals surface area contributed by atoms with Gasteiger partial charge in [0, 0.05) is 30.3 Å². The third-order valence-corrected chi connectivity index (χ3v) is 4.14. The number of benzene rings is 1. The number of nitrogens with one attached hydrogen (secondary N) is 2. The summed E-state index contributed by atoms with van der Waals surface area (Å²) in [6.45, 7) is 6.40. The Morgan fingerprint density at radius 2 is 1.81 bits per heavy atom. The fourth-order valence-corrected chi connectivity index (χ4v) is 2.52. The van der Waals surface area contributed by atoms with Crippen LogP contribution in [0, 0.1) is 20.8 Å². The van der Waals surface area contributed by atoms with E-state index < -0.39 is 0 Å². The summed E-state index contributed by atoms with van der Waals surface area (Å²) < 4.78 is 0. The third-order valence-electron chi connectivity index (χ3n) is 4.14. The van der Waals surface area contributed by atoms with Crippen LogP contribution in [-0.2, 0) is 6.54 Å². The van der Waals surface area contributed by atoms with Gasteiger partial charge in [-0.05, 0) is 61.7 Å². The Labute approximate surface area is 152 Å². The molecule has 2 N–H and O–H groups in total. The molecule has 2 aromatic heterocycles. The average Bonchev–Trinajstić information content (AvgIpc) is 2.64. The molecule has 0 fully saturated rings. The molecule has 2 heterocycles. The number of hydrogen-bond donors (Lipinski definition) is 2. The molecular weight excluding hydrogens is 326 g/mol. The van der Waals surface area contributed by atoms with Crippen LogP contribution < -0.4 is 10.6 Å². The Hall–Kier alpha value is -3.28. The first-order chi connectivity index (χ1) is 12.5. The van der Waals surface area contributed by atoms with Crippen LogP contribution >= 0.6 is 0 Å². The highest BCUT2D eigenvalue weighted by molar-refractivity contribution is 6.03. The SMILES string of the molecule is Cc1cc(C(=O)Nc2cccc(C)c2C)nc(NCc2ccncc2)n1. The lowest BCUT2D eigenvalue weighted by molar-refractivity contribution is 0.102. The van der Waals surface area contributed by atoms with Crippen LogP contribution in [0.5, 0.6) is 0 Å². The van der Waals surface area contributed by atoms with Crippen LogP contribution in [0.3, 0.4) is 0 Å². The van der Waals surface area contributed by atoms with Crippen LogP contribution in [0.25, 0.3) is 0 Å². The molecule has 0 atom stereocenters. The molecule has 3 aromatic rings. The van der Waals surface area contributed by atoms with Gasteiger partial charge in [-0.1, -0.05) is 12.1 Å². The van der Waals surface area contributed by atoms with E-state index in [9.17, 15) is 4.79 Å². The summed E-state index contributed by atoms with van der Waals surface area (Å²) in [5.74, 6) is 0.170. The Bertz CT molecular complexity index is 925. The molecule has 0 aliphatic carbocycles. The van der Waals surface area contributed by atoms with Gasteiger partial charge in [-0.15, -0.1) is 0 Å². The van der Waals surface area contributed by atoms with Crippen LogP contribution in [0.15, 0.2) is 48.8 Å². The molecule has 1 amide bonds. The first-order valence-electron chi connectivity index (χ1n) is 8.39. The van der Waals surface area contributed by atoms with Gasteiger partial charge in [0.1, 0.15) is 5.69 Å². The molecule has 26 heavy (non-hydrogen) atoms. The zero-order valence-corrected chi connectivity index (χ0v) is 15.1. The number of amides is 1. The fraction of sp³-hybridized carbons (Fsp3) is 0.200. The van der Waals surface area contributed by atoms with Crippen LogP contribution in [0.1, 0.15) is 32.9 Å². The van der Waals surface area contributed by atoms with Crippen LogP contribution in [0.2, 0.25) is 0 Å². The van der Waals surface area contributed by atoms with E-state index in [0.717, 1.165) is 28.1 Å². The van der Waals surface area contributed by atoms with Crippen molar-refractivity contribution < 1.29 is 4.79 Å². The number of aromatic nitrogens is 3. The summed E-state index contributed by atoms with van der Waals surface area (Å²) in [5, 5.41) is 6.08. The van der Waals surface area contributed by atoms with Gasteiger partial charge in [-0.3, -0.25) is 9.78 Å². The number of pyridine rings is 1. The number of carbonyl (C=O) groups is 1. The van der Waals surface area contributed by atoms with E-state index in [0.29, 0.717) is 18.2 Å². The molecule has 0 radical (unpaired) electrons. The van der Waals surface area contributed by atoms with Crippen molar-refractivity contribution in [3.05, 3.63) is 76.9 Å². The van der Waals surface area contributed by atoms with Gasteiger partial charge < -0.3 is 10.6 Å². The molecule has 0 unspecified atom stereocenters. The molecule has 6 nitrogen and oxygen atoms in total. The maximum atomic E-state index is 12.6. The van der Waals surface area contributed by atoms with Crippen LogP contribution in [0.4, 0.5) is 11.6 Å². The fourth-order valence-electron chi connectivity index (χ4n) is 2.52. The maximum absolute atomic E-state index is 12.6. The monoisotopic (exact) mass is 347 g/mol. The van der Waals surface area contributed by atoms with E-state index in [-0.39, 0.29) is 5.91 Å². The predicted octanol–water partition coefficient (Wildman–Crippen LogP) is 3.66. The summed E-state index contributed by atoms with van der Waals surface area (Å²) in [5.41, 5.74) is 5.08. The minimum atomic E-state index is -0.254. The highest BCUT2D eigenvalue weighted by Crippen LogP contribution is 2.19. The smallest absolute Gasteiger partial charge is 0.274 e. The first kappa shape index (κ1) is 17.5. The topological polar surface area (TPSA) is 79.8 Å². The van der Waals surface area contributed by atoms with Crippen molar-refractivity contribution in [2.75, 3.05) is 10.6 Å². The van der Waals surface area contributed by atoms with Crippen molar-refractivity contribution in [2.45, 2.75) is 27.3 Å². The van der Waals surface area contributed by atoms with E-state index in [1.165, 1.54) is 0 Å². The number of anilines is 2. The van der Waals surface area contributed by atoms with Gasteiger partial charge in [0.25, 0.3) is 5.91 Å². The van der Waals surface area contributed by atoms with Gasteiger partial charge in [-0.2, -0.15) is 0 Å². The Kier molecular flexibility index (Phi) is 5.22. The lowest BCUT2D eigenvalue weighted by Gasteiger charge is -2.11. The molecule has 0 saturated heterocycles. The number of carbonyl (C=O) groups excluding carboxylic acids is 1. The number of aryl methyl sites for hydroxylation is 2. The average molecular weight is 347 g/mol. The van der Waals surface area contributed by atoms with Gasteiger partial charge >= 0.3 is 0 Å². The van der Waals surface area contributed by atoms with Crippen molar-refractivity contribution in [2.24, 2.45) is 0 Å². The van der Waals surface area contributed by atoms with Crippen molar-refractivity contribution in [3.63, 3.8) is 0 Å². The van der Waals surface area contributed by atoms with Gasteiger partial charge in [-0.25, -0.2) is 9.97 Å². The Morgan fingerprint density at radius 3 is 2.58 bits per heavy atom. The Morgan fingerprint density at radius 1 is 1.04 bits per heavy atom. The largest absolute Gasteiger partial charge is 0.350 e. The van der Waals surface area contributed by atoms with E-state index in [2.05, 4.69) is 25.6 Å². The molecule has 0 bridgehead atoms. The van der Waals surface area contributed by atoms with Gasteiger partial charge in [0.15, 0.2) is 0 Å². The van der Waals surface area contributed by atoms with Crippen molar-refractivity contribution in [1.29, 1.82) is 0 Å².